The van der Waals surface area contributed by atoms with Crippen LogP contribution in [-0.2, 0) is 4.74 Å². The van der Waals surface area contributed by atoms with Crippen LogP contribution < -0.4 is 5.73 Å². The van der Waals surface area contributed by atoms with Gasteiger partial charge in [0.05, 0.1) is 12.8 Å². The van der Waals surface area contributed by atoms with Crippen molar-refractivity contribution in [1.29, 1.82) is 0 Å². The molecule has 1 saturated carbocycles. The lowest BCUT2D eigenvalue weighted by Gasteiger charge is -2.21. The fraction of sp³-hybridized carbons (Fsp3) is 0.778. The van der Waals surface area contributed by atoms with E-state index < -0.39 is 0 Å². The Morgan fingerprint density at radius 2 is 2.33 bits per heavy atom. The highest BCUT2D eigenvalue weighted by Crippen LogP contribution is 2.27. The third-order valence-electron chi connectivity index (χ3n) is 2.11. The highest BCUT2D eigenvalue weighted by Gasteiger charge is 2.12. The highest BCUT2D eigenvalue weighted by atomic mass is 16.5. The fourth-order valence-electron chi connectivity index (χ4n) is 0.983. The van der Waals surface area contributed by atoms with Crippen molar-refractivity contribution in [1.82, 2.24) is 4.90 Å². The lowest BCUT2D eigenvalue weighted by molar-refractivity contribution is 0.116. The molecule has 1 aliphatic rings. The molecule has 0 heterocycles. The van der Waals surface area contributed by atoms with Gasteiger partial charge in [-0.1, -0.05) is 11.6 Å². The second kappa shape index (κ2) is 4.60. The number of hydrogen-bond acceptors (Lipinski definition) is 3. The first-order valence-corrected chi connectivity index (χ1v) is 4.36. The van der Waals surface area contributed by atoms with Crippen LogP contribution in [0.1, 0.15) is 12.8 Å². The van der Waals surface area contributed by atoms with Crippen LogP contribution in [0.15, 0.2) is 11.6 Å². The van der Waals surface area contributed by atoms with Gasteiger partial charge in [-0.2, -0.15) is 0 Å². The monoisotopic (exact) mass is 170 g/mol. The average molecular weight is 170 g/mol. The summed E-state index contributed by atoms with van der Waals surface area (Å²) in [7, 11) is 3.69. The minimum atomic E-state index is 0.0191. The van der Waals surface area contributed by atoms with Crippen molar-refractivity contribution in [2.24, 2.45) is 5.73 Å². The summed E-state index contributed by atoms with van der Waals surface area (Å²) >= 11 is 0. The van der Waals surface area contributed by atoms with Crippen LogP contribution in [0, 0.1) is 0 Å². The van der Waals surface area contributed by atoms with Crippen LogP contribution in [0.5, 0.6) is 0 Å². The van der Waals surface area contributed by atoms with E-state index in [1.54, 1.807) is 12.7 Å². The first-order valence-electron chi connectivity index (χ1n) is 4.36. The van der Waals surface area contributed by atoms with E-state index in [-0.39, 0.29) is 6.17 Å². The zero-order valence-corrected chi connectivity index (χ0v) is 7.92. The average Bonchev–Trinajstić information content (AvgIpc) is 2.83. The van der Waals surface area contributed by atoms with Gasteiger partial charge in [0, 0.05) is 13.7 Å². The summed E-state index contributed by atoms with van der Waals surface area (Å²) in [5.41, 5.74) is 7.37. The molecule has 0 bridgehead atoms. The Kier molecular flexibility index (Phi) is 3.72. The largest absolute Gasteiger partial charge is 0.382 e. The van der Waals surface area contributed by atoms with Gasteiger partial charge in [-0.3, -0.25) is 4.90 Å². The summed E-state index contributed by atoms with van der Waals surface area (Å²) in [5, 5.41) is 0. The predicted molar refractivity (Wildman–Crippen MR) is 49.8 cm³/mol. The molecule has 0 radical (unpaired) electrons. The van der Waals surface area contributed by atoms with Gasteiger partial charge in [0.15, 0.2) is 0 Å². The van der Waals surface area contributed by atoms with Gasteiger partial charge in [-0.15, -0.1) is 0 Å². The molecule has 12 heavy (non-hydrogen) atoms. The van der Waals surface area contributed by atoms with Crippen LogP contribution in [-0.4, -0.2) is 38.4 Å². The number of allylic oxidation sites excluding steroid dienone is 1. The Hall–Kier alpha value is -0.380. The Balaban J connectivity index is 2.16. The molecule has 1 aliphatic carbocycles. The molecule has 0 aromatic heterocycles. The van der Waals surface area contributed by atoms with Gasteiger partial charge in [-0.05, 0) is 19.9 Å². The van der Waals surface area contributed by atoms with Crippen molar-refractivity contribution in [2.75, 3.05) is 27.3 Å². The minimum Gasteiger partial charge on any atom is -0.382 e. The summed E-state index contributed by atoms with van der Waals surface area (Å²) in [5.74, 6) is 0. The van der Waals surface area contributed by atoms with E-state index in [9.17, 15) is 0 Å². The number of ether oxygens (including phenoxy) is 1. The molecule has 1 atom stereocenters. The maximum Gasteiger partial charge on any atom is 0.0813 e. The van der Waals surface area contributed by atoms with E-state index >= 15 is 0 Å². The molecule has 2 N–H and O–H groups in total. The van der Waals surface area contributed by atoms with Crippen molar-refractivity contribution in [3.8, 4) is 0 Å². The Morgan fingerprint density at radius 3 is 2.83 bits per heavy atom. The maximum absolute atomic E-state index is 5.81. The molecule has 0 spiro atoms. The molecule has 3 nitrogen and oxygen atoms in total. The van der Waals surface area contributed by atoms with Crippen LogP contribution >= 0.6 is 0 Å². The van der Waals surface area contributed by atoms with Crippen LogP contribution in [0.4, 0.5) is 0 Å². The summed E-state index contributed by atoms with van der Waals surface area (Å²) < 4.78 is 4.96. The minimum absolute atomic E-state index is 0.0191. The molecule has 70 valence electrons. The summed E-state index contributed by atoms with van der Waals surface area (Å²) in [4.78, 5) is 2.09. The van der Waals surface area contributed by atoms with Crippen LogP contribution in [0.2, 0.25) is 0 Å². The first-order chi connectivity index (χ1) is 5.74. The molecule has 0 aromatic rings. The van der Waals surface area contributed by atoms with E-state index in [0.29, 0.717) is 6.61 Å². The van der Waals surface area contributed by atoms with Gasteiger partial charge < -0.3 is 10.5 Å². The summed E-state index contributed by atoms with van der Waals surface area (Å²) in [6.45, 7) is 1.54. The van der Waals surface area contributed by atoms with Crippen LogP contribution in [0.3, 0.4) is 0 Å². The van der Waals surface area contributed by atoms with Gasteiger partial charge in [0.25, 0.3) is 0 Å². The van der Waals surface area contributed by atoms with Crippen molar-refractivity contribution in [3.05, 3.63) is 11.6 Å². The van der Waals surface area contributed by atoms with Crippen molar-refractivity contribution >= 4 is 0 Å². The SMILES string of the molecule is COCC(N)N(C)CC=C1CC1. The molecule has 0 saturated heterocycles. The zero-order chi connectivity index (χ0) is 8.97. The van der Waals surface area contributed by atoms with Crippen LogP contribution in [0.25, 0.3) is 0 Å². The second-order valence-electron chi connectivity index (χ2n) is 3.32. The Bertz CT molecular complexity index is 162. The fourth-order valence-corrected chi connectivity index (χ4v) is 0.983. The van der Waals surface area contributed by atoms with E-state index in [2.05, 4.69) is 11.0 Å². The molecular formula is C9H18N2O. The molecule has 0 aromatic carbocycles. The lowest BCUT2D eigenvalue weighted by Crippen LogP contribution is -2.42. The lowest BCUT2D eigenvalue weighted by atomic mass is 10.4. The molecular weight excluding hydrogens is 152 g/mol. The number of methoxy groups -OCH3 is 1. The summed E-state index contributed by atoms with van der Waals surface area (Å²) in [6, 6.07) is 0. The number of hydrogen-bond donors (Lipinski definition) is 1. The highest BCUT2D eigenvalue weighted by molar-refractivity contribution is 5.16. The van der Waals surface area contributed by atoms with Gasteiger partial charge in [0.2, 0.25) is 0 Å². The third-order valence-corrected chi connectivity index (χ3v) is 2.11. The normalized spacial score (nSPS) is 18.2. The van der Waals surface area contributed by atoms with Crippen molar-refractivity contribution in [2.45, 2.75) is 19.0 Å². The van der Waals surface area contributed by atoms with E-state index in [1.807, 2.05) is 7.05 Å². The standard InChI is InChI=1S/C9H18N2O/c1-11(9(10)7-12-2)6-5-8-3-4-8/h5,9H,3-4,6-7,10H2,1-2H3. The Labute approximate surface area is 74.2 Å². The van der Waals surface area contributed by atoms with Gasteiger partial charge >= 0.3 is 0 Å². The van der Waals surface area contributed by atoms with E-state index in [1.165, 1.54) is 12.8 Å². The van der Waals surface area contributed by atoms with E-state index in [0.717, 1.165) is 6.54 Å². The summed E-state index contributed by atoms with van der Waals surface area (Å²) in [6.07, 6.45) is 4.85. The first kappa shape index (κ1) is 9.71. The number of nitrogens with two attached hydrogens (primary N) is 1. The predicted octanol–water partition coefficient (Wildman–Crippen LogP) is 0.570. The third kappa shape index (κ3) is 3.34. The van der Waals surface area contributed by atoms with E-state index in [4.69, 9.17) is 10.5 Å². The molecule has 1 unspecified atom stereocenters. The molecule has 0 amide bonds. The molecule has 1 rings (SSSR count). The number of nitrogens with zero attached hydrogens (tertiary/aromatic N) is 1. The topological polar surface area (TPSA) is 38.5 Å². The van der Waals surface area contributed by atoms with Gasteiger partial charge in [-0.25, -0.2) is 0 Å². The quantitative estimate of drug-likeness (QED) is 0.484. The molecule has 1 fully saturated rings. The zero-order valence-electron chi connectivity index (χ0n) is 7.92. The van der Waals surface area contributed by atoms with Crippen molar-refractivity contribution in [3.63, 3.8) is 0 Å². The Morgan fingerprint density at radius 1 is 1.67 bits per heavy atom. The van der Waals surface area contributed by atoms with Gasteiger partial charge in [0.1, 0.15) is 0 Å². The maximum atomic E-state index is 5.81. The smallest absolute Gasteiger partial charge is 0.0813 e. The molecule has 0 aliphatic heterocycles. The molecule has 3 heteroatoms. The second-order valence-corrected chi connectivity index (χ2v) is 3.32. The van der Waals surface area contributed by atoms with Crippen molar-refractivity contribution < 1.29 is 4.74 Å². The number of rotatable bonds is 5. The number of likely N-dealkylation sites (N-methyl/N-ethyl adjacent to an activating group) is 1.